The molecule has 0 aliphatic carbocycles. The second-order valence-corrected chi connectivity index (χ2v) is 6.26. The van der Waals surface area contributed by atoms with Crippen LogP contribution in [-0.4, -0.2) is 41.8 Å². The maximum Gasteiger partial charge on any atom is 0.320 e. The lowest BCUT2D eigenvalue weighted by molar-refractivity contribution is -0.139. The number of fused-ring (bicyclic) bond motifs is 1. The van der Waals surface area contributed by atoms with E-state index in [9.17, 15) is 9.59 Å². The first-order valence-corrected chi connectivity index (χ1v) is 8.79. The van der Waals surface area contributed by atoms with Crippen molar-refractivity contribution in [2.45, 2.75) is 38.1 Å². The molecule has 0 aliphatic heterocycles. The molecular formula is C20H28N2O5. The van der Waals surface area contributed by atoms with Crippen LogP contribution < -0.4 is 16.2 Å². The summed E-state index contributed by atoms with van der Waals surface area (Å²) >= 11 is 0. The van der Waals surface area contributed by atoms with Gasteiger partial charge in [-0.1, -0.05) is 30.7 Å². The van der Waals surface area contributed by atoms with Crippen LogP contribution in [0.1, 0.15) is 37.7 Å². The maximum atomic E-state index is 10.9. The molecule has 6 N–H and O–H groups in total. The summed E-state index contributed by atoms with van der Waals surface area (Å²) < 4.78 is 5.14. The van der Waals surface area contributed by atoms with E-state index in [1.165, 1.54) is 0 Å². The van der Waals surface area contributed by atoms with E-state index >= 15 is 0 Å². The molecule has 0 saturated heterocycles. The molecule has 0 bridgehead atoms. The van der Waals surface area contributed by atoms with Gasteiger partial charge < -0.3 is 26.4 Å². The molecular weight excluding hydrogens is 348 g/mol. The third kappa shape index (κ3) is 7.24. The Morgan fingerprint density at radius 2 is 1.67 bits per heavy atom. The van der Waals surface area contributed by atoms with Crippen LogP contribution in [0.5, 0.6) is 5.75 Å². The van der Waals surface area contributed by atoms with E-state index < -0.39 is 23.9 Å². The molecule has 0 amide bonds. The van der Waals surface area contributed by atoms with Crippen molar-refractivity contribution in [3.8, 4) is 5.75 Å². The fourth-order valence-electron chi connectivity index (χ4n) is 2.41. The molecule has 2 rings (SSSR count). The van der Waals surface area contributed by atoms with Crippen molar-refractivity contribution in [3.63, 3.8) is 0 Å². The number of hydrogen-bond donors (Lipinski definition) is 4. The molecule has 1 unspecified atom stereocenters. The van der Waals surface area contributed by atoms with E-state index in [2.05, 4.69) is 0 Å². The molecule has 0 fully saturated rings. The number of benzene rings is 2. The second-order valence-electron chi connectivity index (χ2n) is 6.26. The van der Waals surface area contributed by atoms with Gasteiger partial charge in [0, 0.05) is 0 Å². The molecule has 148 valence electrons. The summed E-state index contributed by atoms with van der Waals surface area (Å²) in [5, 5.41) is 19.4. The Balaban J connectivity index is 0.000000314. The number of aliphatic carboxylic acids is 2. The van der Waals surface area contributed by atoms with E-state index in [0.717, 1.165) is 34.9 Å². The number of hydrogen-bond acceptors (Lipinski definition) is 5. The minimum absolute atomic E-state index is 0.485. The summed E-state index contributed by atoms with van der Waals surface area (Å²) in [6.45, 7) is 2.29. The Morgan fingerprint density at radius 3 is 2.22 bits per heavy atom. The molecule has 2 atom stereocenters. The fraction of sp³-hybridized carbons (Fsp3) is 0.400. The highest BCUT2D eigenvalue weighted by Gasteiger charge is 2.13. The number of ether oxygens (including phenoxy) is 1. The van der Waals surface area contributed by atoms with Gasteiger partial charge in [0.05, 0.1) is 13.0 Å². The van der Waals surface area contributed by atoms with Crippen molar-refractivity contribution in [2.75, 3.05) is 13.7 Å². The van der Waals surface area contributed by atoms with Gasteiger partial charge in [-0.15, -0.1) is 0 Å². The maximum absolute atomic E-state index is 10.9. The summed E-state index contributed by atoms with van der Waals surface area (Å²) in [5.74, 6) is -1.42. The first kappa shape index (κ1) is 22.4. The minimum Gasteiger partial charge on any atom is -0.497 e. The highest BCUT2D eigenvalue weighted by atomic mass is 16.5. The van der Waals surface area contributed by atoms with Crippen LogP contribution in [0.25, 0.3) is 10.8 Å². The highest BCUT2D eigenvalue weighted by molar-refractivity contribution is 5.86. The number of methoxy groups -OCH3 is 1. The Hall–Kier alpha value is -2.64. The molecule has 2 aromatic rings. The third-order valence-electron chi connectivity index (χ3n) is 4.23. The highest BCUT2D eigenvalue weighted by Crippen LogP contribution is 2.25. The number of carbonyl (C=O) groups is 2. The lowest BCUT2D eigenvalue weighted by Crippen LogP contribution is -2.29. The van der Waals surface area contributed by atoms with Gasteiger partial charge in [-0.25, -0.2) is 0 Å². The van der Waals surface area contributed by atoms with Crippen molar-refractivity contribution in [1.29, 1.82) is 0 Å². The SMILES string of the molecule is COc1ccc2cc([C@H](C)C(=O)O)ccc2c1.NCCCCC(N)C(=O)O. The first-order chi connectivity index (χ1) is 12.8. The van der Waals surface area contributed by atoms with Gasteiger partial charge in [0.2, 0.25) is 0 Å². The van der Waals surface area contributed by atoms with Crippen LogP contribution in [-0.2, 0) is 9.59 Å². The quantitative estimate of drug-likeness (QED) is 0.520. The van der Waals surface area contributed by atoms with Crippen molar-refractivity contribution in [3.05, 3.63) is 42.0 Å². The summed E-state index contributed by atoms with van der Waals surface area (Å²) in [4.78, 5) is 21.1. The van der Waals surface area contributed by atoms with Crippen LogP contribution in [0.2, 0.25) is 0 Å². The summed E-state index contributed by atoms with van der Waals surface area (Å²) in [6, 6.07) is 10.7. The zero-order valence-corrected chi connectivity index (χ0v) is 15.7. The van der Waals surface area contributed by atoms with Crippen molar-refractivity contribution in [1.82, 2.24) is 0 Å². The molecule has 0 aromatic heterocycles. The predicted octanol–water partition coefficient (Wildman–Crippen LogP) is 2.56. The van der Waals surface area contributed by atoms with Crippen LogP contribution in [0.3, 0.4) is 0 Å². The van der Waals surface area contributed by atoms with E-state index in [-0.39, 0.29) is 0 Å². The monoisotopic (exact) mass is 376 g/mol. The zero-order valence-electron chi connectivity index (χ0n) is 15.7. The number of carboxylic acids is 2. The van der Waals surface area contributed by atoms with Gasteiger partial charge in [-0.05, 0) is 54.8 Å². The lowest BCUT2D eigenvalue weighted by Gasteiger charge is -2.08. The van der Waals surface area contributed by atoms with Crippen LogP contribution in [0.4, 0.5) is 0 Å². The van der Waals surface area contributed by atoms with E-state index in [1.807, 2.05) is 36.4 Å². The first-order valence-electron chi connectivity index (χ1n) is 8.79. The van der Waals surface area contributed by atoms with Gasteiger partial charge in [0.1, 0.15) is 11.8 Å². The Morgan fingerprint density at radius 1 is 1.04 bits per heavy atom. The molecule has 0 radical (unpaired) electrons. The normalized spacial score (nSPS) is 12.6. The van der Waals surface area contributed by atoms with E-state index in [4.69, 9.17) is 26.4 Å². The van der Waals surface area contributed by atoms with Crippen molar-refractivity contribution >= 4 is 22.7 Å². The van der Waals surface area contributed by atoms with Gasteiger partial charge in [-0.2, -0.15) is 0 Å². The number of unbranched alkanes of at least 4 members (excludes halogenated alkanes) is 1. The standard InChI is InChI=1S/C14H14O3.C6H14N2O2/c1-9(14(15)16)10-3-4-12-8-13(17-2)6-5-11(12)7-10;7-4-2-1-3-5(8)6(9)10/h3-9H,1-2H3,(H,15,16);5H,1-4,7-8H2,(H,9,10)/t9-;/m0./s1. The number of rotatable bonds is 8. The van der Waals surface area contributed by atoms with Crippen molar-refractivity contribution < 1.29 is 24.5 Å². The average molecular weight is 376 g/mol. The molecule has 27 heavy (non-hydrogen) atoms. The number of nitrogens with two attached hydrogens (primary N) is 2. The molecule has 0 spiro atoms. The van der Waals surface area contributed by atoms with Gasteiger partial charge >= 0.3 is 11.9 Å². The van der Waals surface area contributed by atoms with Gasteiger partial charge in [-0.3, -0.25) is 9.59 Å². The molecule has 0 aliphatic rings. The van der Waals surface area contributed by atoms with E-state index in [0.29, 0.717) is 13.0 Å². The summed E-state index contributed by atoms with van der Waals surface area (Å²) in [7, 11) is 1.63. The fourth-order valence-corrected chi connectivity index (χ4v) is 2.41. The molecule has 0 heterocycles. The topological polar surface area (TPSA) is 136 Å². The Bertz CT molecular complexity index is 763. The third-order valence-corrected chi connectivity index (χ3v) is 4.23. The molecule has 7 heteroatoms. The molecule has 2 aromatic carbocycles. The lowest BCUT2D eigenvalue weighted by atomic mass is 9.98. The Kier molecular flexibility index (Phi) is 9.25. The summed E-state index contributed by atoms with van der Waals surface area (Å²) in [6.07, 6.45) is 2.16. The van der Waals surface area contributed by atoms with Crippen LogP contribution in [0, 0.1) is 0 Å². The number of carboxylic acid groups (broad SMARTS) is 2. The summed E-state index contributed by atoms with van der Waals surface area (Å²) in [5.41, 5.74) is 11.2. The van der Waals surface area contributed by atoms with Gasteiger partial charge in [0.25, 0.3) is 0 Å². The smallest absolute Gasteiger partial charge is 0.320 e. The van der Waals surface area contributed by atoms with Crippen molar-refractivity contribution in [2.24, 2.45) is 11.5 Å². The minimum atomic E-state index is -0.933. The van der Waals surface area contributed by atoms with Crippen LogP contribution >= 0.6 is 0 Å². The second kappa shape index (κ2) is 11.2. The Labute approximate surface area is 158 Å². The van der Waals surface area contributed by atoms with E-state index in [1.54, 1.807) is 14.0 Å². The average Bonchev–Trinajstić information content (AvgIpc) is 2.66. The van der Waals surface area contributed by atoms with Gasteiger partial charge in [0.15, 0.2) is 0 Å². The molecule has 7 nitrogen and oxygen atoms in total. The molecule has 0 saturated carbocycles. The van der Waals surface area contributed by atoms with Crippen LogP contribution in [0.15, 0.2) is 36.4 Å². The predicted molar refractivity (Wildman–Crippen MR) is 105 cm³/mol. The zero-order chi connectivity index (χ0) is 20.4. The largest absolute Gasteiger partial charge is 0.497 e.